The van der Waals surface area contributed by atoms with Crippen molar-refractivity contribution in [1.82, 2.24) is 10.6 Å². The summed E-state index contributed by atoms with van der Waals surface area (Å²) in [7, 11) is 0. The third-order valence-corrected chi connectivity index (χ3v) is 5.17. The molecule has 1 saturated heterocycles. The van der Waals surface area contributed by atoms with Gasteiger partial charge in [-0.3, -0.25) is 14.4 Å². The highest BCUT2D eigenvalue weighted by Crippen LogP contribution is 2.37. The number of amides is 2. The van der Waals surface area contributed by atoms with Crippen LogP contribution in [0.1, 0.15) is 40.0 Å². The van der Waals surface area contributed by atoms with Crippen molar-refractivity contribution in [3.8, 4) is 0 Å². The van der Waals surface area contributed by atoms with E-state index in [1.165, 1.54) is 6.92 Å². The maximum absolute atomic E-state index is 12.3. The molecule has 2 rings (SSSR count). The Balaban J connectivity index is 1.82. The fourth-order valence-corrected chi connectivity index (χ4v) is 3.11. The van der Waals surface area contributed by atoms with Gasteiger partial charge in [0.25, 0.3) is 5.91 Å². The Labute approximate surface area is 152 Å². The van der Waals surface area contributed by atoms with Gasteiger partial charge in [-0.1, -0.05) is 20.3 Å². The minimum Gasteiger partial charge on any atom is -0.480 e. The summed E-state index contributed by atoms with van der Waals surface area (Å²) in [6.45, 7) is 5.33. The van der Waals surface area contributed by atoms with Crippen LogP contribution in [-0.2, 0) is 23.9 Å². The van der Waals surface area contributed by atoms with Crippen LogP contribution in [0.15, 0.2) is 0 Å². The van der Waals surface area contributed by atoms with Gasteiger partial charge < -0.3 is 26.2 Å². The lowest BCUT2D eigenvalue weighted by Crippen LogP contribution is -2.56. The number of carbonyl (C=O) groups is 4. The molecule has 9 heteroatoms. The van der Waals surface area contributed by atoms with Crippen molar-refractivity contribution in [3.05, 3.63) is 0 Å². The molecule has 1 unspecified atom stereocenters. The van der Waals surface area contributed by atoms with Crippen LogP contribution >= 0.6 is 0 Å². The SMILES string of the molecule is CCC(C)[C@@H]1C(=O)O[C@H]1C(=O)N[C@@H]1C[C@H]1C[C@@H](NC(=O)[C@H](C)N)C(=O)O. The number of hydrogen-bond donors (Lipinski definition) is 4. The summed E-state index contributed by atoms with van der Waals surface area (Å²) in [5.74, 6) is -2.77. The summed E-state index contributed by atoms with van der Waals surface area (Å²) < 4.78 is 4.98. The molecule has 1 heterocycles. The van der Waals surface area contributed by atoms with Gasteiger partial charge >= 0.3 is 11.9 Å². The van der Waals surface area contributed by atoms with Gasteiger partial charge in [0.2, 0.25) is 5.91 Å². The Morgan fingerprint density at radius 3 is 2.50 bits per heavy atom. The number of nitrogens with one attached hydrogen (secondary N) is 2. The number of carboxylic acid groups (broad SMARTS) is 1. The van der Waals surface area contributed by atoms with Gasteiger partial charge in [0, 0.05) is 6.04 Å². The molecule has 2 amide bonds. The molecule has 0 aromatic rings. The average molecular weight is 369 g/mol. The van der Waals surface area contributed by atoms with E-state index in [1.807, 2.05) is 13.8 Å². The standard InChI is InChI=1S/C17H27N3O6/c1-4-7(2)12-13(26-17(12)25)15(22)19-10-5-9(10)6-11(16(23)24)20-14(21)8(3)18/h7-13H,4-6,18H2,1-3H3,(H,19,22)(H,20,21)(H,23,24)/t7?,8-,9-,10+,11+,12-,13+/m0/s1. The number of ether oxygens (including phenoxy) is 1. The molecule has 146 valence electrons. The lowest BCUT2D eigenvalue weighted by atomic mass is 9.83. The summed E-state index contributed by atoms with van der Waals surface area (Å²) in [5.41, 5.74) is 5.44. The van der Waals surface area contributed by atoms with Crippen LogP contribution < -0.4 is 16.4 Å². The van der Waals surface area contributed by atoms with Gasteiger partial charge in [0.15, 0.2) is 6.10 Å². The minimum atomic E-state index is -1.14. The number of nitrogens with two attached hydrogens (primary N) is 1. The molecule has 0 spiro atoms. The molecule has 7 atom stereocenters. The largest absolute Gasteiger partial charge is 0.480 e. The minimum absolute atomic E-state index is 0.0498. The second-order valence-electron chi connectivity index (χ2n) is 7.30. The molecule has 1 aliphatic heterocycles. The molecular weight excluding hydrogens is 342 g/mol. The molecule has 2 fully saturated rings. The van der Waals surface area contributed by atoms with Crippen molar-refractivity contribution < 1.29 is 29.0 Å². The average Bonchev–Trinajstić information content (AvgIpc) is 3.28. The van der Waals surface area contributed by atoms with Gasteiger partial charge in [-0.15, -0.1) is 0 Å². The first-order valence-corrected chi connectivity index (χ1v) is 8.95. The van der Waals surface area contributed by atoms with E-state index in [9.17, 15) is 24.3 Å². The number of rotatable bonds is 9. The van der Waals surface area contributed by atoms with E-state index >= 15 is 0 Å². The van der Waals surface area contributed by atoms with Crippen LogP contribution in [0.25, 0.3) is 0 Å². The van der Waals surface area contributed by atoms with Crippen molar-refractivity contribution in [2.45, 2.75) is 64.3 Å². The molecule has 2 aliphatic rings. The topological polar surface area (TPSA) is 148 Å². The van der Waals surface area contributed by atoms with Gasteiger partial charge in [-0.05, 0) is 31.6 Å². The smallest absolute Gasteiger partial charge is 0.326 e. The second-order valence-corrected chi connectivity index (χ2v) is 7.30. The fraction of sp³-hybridized carbons (Fsp3) is 0.765. The summed E-state index contributed by atoms with van der Waals surface area (Å²) in [4.78, 5) is 46.8. The number of carboxylic acids is 1. The monoisotopic (exact) mass is 369 g/mol. The first-order chi connectivity index (χ1) is 12.1. The molecular formula is C17H27N3O6. The van der Waals surface area contributed by atoms with Crippen LogP contribution in [0.4, 0.5) is 0 Å². The van der Waals surface area contributed by atoms with Gasteiger partial charge in [0.05, 0.1) is 6.04 Å². The maximum atomic E-state index is 12.3. The number of hydrogen-bond acceptors (Lipinski definition) is 6. The lowest BCUT2D eigenvalue weighted by molar-refractivity contribution is -0.193. The Kier molecular flexibility index (Phi) is 6.22. The van der Waals surface area contributed by atoms with Gasteiger partial charge in [-0.25, -0.2) is 4.79 Å². The van der Waals surface area contributed by atoms with E-state index in [0.717, 1.165) is 6.42 Å². The molecule has 5 N–H and O–H groups in total. The number of aliphatic carboxylic acids is 1. The second kappa shape index (κ2) is 8.03. The molecule has 26 heavy (non-hydrogen) atoms. The zero-order valence-electron chi connectivity index (χ0n) is 15.2. The van der Waals surface area contributed by atoms with Crippen LogP contribution in [0.5, 0.6) is 0 Å². The highest BCUT2D eigenvalue weighted by atomic mass is 16.6. The zero-order chi connectivity index (χ0) is 19.6. The molecule has 0 aromatic heterocycles. The first-order valence-electron chi connectivity index (χ1n) is 8.95. The summed E-state index contributed by atoms with van der Waals surface area (Å²) in [5, 5.41) is 14.4. The van der Waals surface area contributed by atoms with Crippen molar-refractivity contribution in [2.24, 2.45) is 23.5 Å². The van der Waals surface area contributed by atoms with Crippen molar-refractivity contribution in [3.63, 3.8) is 0 Å². The predicted molar refractivity (Wildman–Crippen MR) is 90.7 cm³/mol. The quantitative estimate of drug-likeness (QED) is 0.396. The van der Waals surface area contributed by atoms with Crippen LogP contribution in [-0.4, -0.2) is 53.1 Å². The third-order valence-electron chi connectivity index (χ3n) is 5.17. The Bertz CT molecular complexity index is 593. The summed E-state index contributed by atoms with van der Waals surface area (Å²) in [6.07, 6.45) is 0.831. The van der Waals surface area contributed by atoms with Gasteiger partial charge in [-0.2, -0.15) is 0 Å². The molecule has 0 bridgehead atoms. The third kappa shape index (κ3) is 4.51. The zero-order valence-corrected chi connectivity index (χ0v) is 15.2. The van der Waals surface area contributed by atoms with E-state index in [2.05, 4.69) is 10.6 Å². The summed E-state index contributed by atoms with van der Waals surface area (Å²) >= 11 is 0. The van der Waals surface area contributed by atoms with Crippen molar-refractivity contribution in [1.29, 1.82) is 0 Å². The summed E-state index contributed by atoms with van der Waals surface area (Å²) in [6, 6.07) is -2.01. The molecule has 1 saturated carbocycles. The maximum Gasteiger partial charge on any atom is 0.326 e. The van der Waals surface area contributed by atoms with Crippen molar-refractivity contribution >= 4 is 23.8 Å². The highest BCUT2D eigenvalue weighted by Gasteiger charge is 2.51. The van der Waals surface area contributed by atoms with Crippen LogP contribution in [0.3, 0.4) is 0 Å². The molecule has 0 radical (unpaired) electrons. The van der Waals surface area contributed by atoms with Crippen LogP contribution in [0, 0.1) is 17.8 Å². The van der Waals surface area contributed by atoms with E-state index < -0.39 is 36.0 Å². The first kappa shape index (κ1) is 20.2. The number of carbonyl (C=O) groups excluding carboxylic acids is 3. The predicted octanol–water partition coefficient (Wildman–Crippen LogP) is -0.614. The lowest BCUT2D eigenvalue weighted by Gasteiger charge is -2.37. The normalized spacial score (nSPS) is 30.2. The molecule has 1 aliphatic carbocycles. The fourth-order valence-electron chi connectivity index (χ4n) is 3.11. The van der Waals surface area contributed by atoms with Crippen LogP contribution in [0.2, 0.25) is 0 Å². The van der Waals surface area contributed by atoms with Crippen molar-refractivity contribution in [2.75, 3.05) is 0 Å². The van der Waals surface area contributed by atoms with E-state index in [4.69, 9.17) is 10.5 Å². The number of esters is 1. The molecule has 9 nitrogen and oxygen atoms in total. The van der Waals surface area contributed by atoms with Gasteiger partial charge in [0.1, 0.15) is 12.0 Å². The Morgan fingerprint density at radius 1 is 1.35 bits per heavy atom. The van der Waals surface area contributed by atoms with E-state index in [-0.39, 0.29) is 36.2 Å². The van der Waals surface area contributed by atoms with E-state index in [1.54, 1.807) is 0 Å². The van der Waals surface area contributed by atoms with E-state index in [0.29, 0.717) is 6.42 Å². The highest BCUT2D eigenvalue weighted by molar-refractivity contribution is 5.94. The molecule has 0 aromatic carbocycles. The number of cyclic esters (lactones) is 1. The Hall–Kier alpha value is -2.16. The Morgan fingerprint density at radius 2 is 2.00 bits per heavy atom.